The molecule has 0 bridgehead atoms. The van der Waals surface area contributed by atoms with Gasteiger partial charge in [0, 0.05) is 26.4 Å². The number of hydrogen-bond acceptors (Lipinski definition) is 5. The first-order valence-electron chi connectivity index (χ1n) is 8.51. The first-order valence-corrected chi connectivity index (χ1v) is 10.6. The molecule has 0 fully saturated rings. The molecule has 0 radical (unpaired) electrons. The molecule has 0 atom stereocenters. The molecule has 0 unspecified atom stereocenters. The molecule has 0 spiro atoms. The lowest BCUT2D eigenvalue weighted by molar-refractivity contribution is -0.176. The molecule has 1 aromatic rings. The number of nitrogens with zero attached hydrogens (tertiary/aromatic N) is 1. The van der Waals surface area contributed by atoms with Crippen LogP contribution < -0.4 is 10.6 Å². The molecule has 0 amide bonds. The Kier molecular flexibility index (Phi) is 10.3. The van der Waals surface area contributed by atoms with Gasteiger partial charge in [0.2, 0.25) is 0 Å². The van der Waals surface area contributed by atoms with Gasteiger partial charge in [0.25, 0.3) is 0 Å². The average molecular weight is 425 g/mol. The molecule has 2 N–H and O–H groups in total. The standard InChI is InChI=1S/C17H26F3N3O4S/c1-21-16(22-7-8-26-9-10-28(2,24)25)23-11-14-3-5-15(6-4-14)12-27-13-17(18,19)20/h3-6H,7-13H2,1-2H3,(H2,21,22,23). The van der Waals surface area contributed by atoms with Crippen molar-refractivity contribution in [3.63, 3.8) is 0 Å². The van der Waals surface area contributed by atoms with E-state index in [0.717, 1.165) is 11.8 Å². The molecule has 0 aliphatic heterocycles. The highest BCUT2D eigenvalue weighted by Crippen LogP contribution is 2.15. The zero-order chi connectivity index (χ0) is 21.0. The topological polar surface area (TPSA) is 89.0 Å². The molecule has 0 heterocycles. The van der Waals surface area contributed by atoms with Gasteiger partial charge in [-0.1, -0.05) is 24.3 Å². The van der Waals surface area contributed by atoms with E-state index in [0.29, 0.717) is 31.2 Å². The second-order valence-electron chi connectivity index (χ2n) is 6.02. The summed E-state index contributed by atoms with van der Waals surface area (Å²) in [6, 6.07) is 7.00. The Balaban J connectivity index is 2.26. The van der Waals surface area contributed by atoms with Gasteiger partial charge in [-0.05, 0) is 11.1 Å². The van der Waals surface area contributed by atoms with Crippen molar-refractivity contribution in [3.05, 3.63) is 35.4 Å². The summed E-state index contributed by atoms with van der Waals surface area (Å²) in [6.07, 6.45) is -3.17. The smallest absolute Gasteiger partial charge is 0.379 e. The average Bonchev–Trinajstić information content (AvgIpc) is 2.59. The fourth-order valence-corrected chi connectivity index (χ4v) is 2.42. The predicted octanol–water partition coefficient (Wildman–Crippen LogP) is 1.49. The van der Waals surface area contributed by atoms with Crippen LogP contribution in [0.2, 0.25) is 0 Å². The van der Waals surface area contributed by atoms with Crippen molar-refractivity contribution in [2.45, 2.75) is 19.3 Å². The Hall–Kier alpha value is -1.85. The van der Waals surface area contributed by atoms with Crippen LogP contribution in [0.15, 0.2) is 29.3 Å². The van der Waals surface area contributed by atoms with E-state index in [4.69, 9.17) is 4.74 Å². The molecular weight excluding hydrogens is 399 g/mol. The molecule has 28 heavy (non-hydrogen) atoms. The van der Waals surface area contributed by atoms with E-state index in [1.807, 2.05) is 0 Å². The van der Waals surface area contributed by atoms with Gasteiger partial charge < -0.3 is 20.1 Å². The summed E-state index contributed by atoms with van der Waals surface area (Å²) in [5.74, 6) is 0.529. The van der Waals surface area contributed by atoms with Crippen LogP contribution in [0.4, 0.5) is 13.2 Å². The van der Waals surface area contributed by atoms with Crippen LogP contribution in [0.1, 0.15) is 11.1 Å². The number of nitrogens with one attached hydrogen (secondary N) is 2. The number of halogens is 3. The molecule has 1 rings (SSSR count). The summed E-state index contributed by atoms with van der Waals surface area (Å²) >= 11 is 0. The Labute approximate surface area is 163 Å². The van der Waals surface area contributed by atoms with Crippen LogP contribution in [0, 0.1) is 0 Å². The minimum absolute atomic E-state index is 0.0167. The van der Waals surface area contributed by atoms with E-state index in [1.165, 1.54) is 0 Å². The van der Waals surface area contributed by atoms with Crippen molar-refractivity contribution >= 4 is 15.8 Å². The van der Waals surface area contributed by atoms with E-state index in [9.17, 15) is 21.6 Å². The van der Waals surface area contributed by atoms with E-state index in [2.05, 4.69) is 20.4 Å². The van der Waals surface area contributed by atoms with Crippen molar-refractivity contribution in [2.75, 3.05) is 45.4 Å². The number of rotatable bonds is 11. The zero-order valence-electron chi connectivity index (χ0n) is 15.9. The van der Waals surface area contributed by atoms with Gasteiger partial charge in [-0.2, -0.15) is 13.2 Å². The Morgan fingerprint density at radius 3 is 2.29 bits per heavy atom. The van der Waals surface area contributed by atoms with Gasteiger partial charge in [-0.15, -0.1) is 0 Å². The van der Waals surface area contributed by atoms with Crippen molar-refractivity contribution in [1.29, 1.82) is 0 Å². The van der Waals surface area contributed by atoms with Crippen molar-refractivity contribution < 1.29 is 31.1 Å². The predicted molar refractivity (Wildman–Crippen MR) is 101 cm³/mol. The van der Waals surface area contributed by atoms with Crippen molar-refractivity contribution in [2.24, 2.45) is 4.99 Å². The summed E-state index contributed by atoms with van der Waals surface area (Å²) in [5.41, 5.74) is 1.58. The van der Waals surface area contributed by atoms with Crippen molar-refractivity contribution in [3.8, 4) is 0 Å². The van der Waals surface area contributed by atoms with Gasteiger partial charge in [-0.25, -0.2) is 8.42 Å². The largest absolute Gasteiger partial charge is 0.411 e. The maximum absolute atomic E-state index is 12.0. The lowest BCUT2D eigenvalue weighted by Gasteiger charge is -2.12. The Morgan fingerprint density at radius 1 is 1.07 bits per heavy atom. The van der Waals surface area contributed by atoms with Crippen LogP contribution in [0.3, 0.4) is 0 Å². The molecule has 0 saturated heterocycles. The molecule has 11 heteroatoms. The molecule has 1 aromatic carbocycles. The number of benzene rings is 1. The lowest BCUT2D eigenvalue weighted by Crippen LogP contribution is -2.38. The molecule has 7 nitrogen and oxygen atoms in total. The van der Waals surface area contributed by atoms with Crippen LogP contribution in [0.5, 0.6) is 0 Å². The van der Waals surface area contributed by atoms with E-state index in [1.54, 1.807) is 31.3 Å². The first kappa shape index (κ1) is 24.2. The number of alkyl halides is 3. The molecule has 0 aliphatic carbocycles. The van der Waals surface area contributed by atoms with Crippen molar-refractivity contribution in [1.82, 2.24) is 10.6 Å². The summed E-state index contributed by atoms with van der Waals surface area (Å²) in [7, 11) is -1.41. The highest BCUT2D eigenvalue weighted by Gasteiger charge is 2.27. The van der Waals surface area contributed by atoms with Crippen LogP contribution >= 0.6 is 0 Å². The number of guanidine groups is 1. The number of ether oxygens (including phenoxy) is 2. The zero-order valence-corrected chi connectivity index (χ0v) is 16.7. The number of aliphatic imine (C=N–C) groups is 1. The summed E-state index contributed by atoms with van der Waals surface area (Å²) in [4.78, 5) is 4.06. The monoisotopic (exact) mass is 425 g/mol. The second kappa shape index (κ2) is 11.9. The Morgan fingerprint density at radius 2 is 1.71 bits per heavy atom. The lowest BCUT2D eigenvalue weighted by atomic mass is 10.1. The maximum atomic E-state index is 12.0. The van der Waals surface area contributed by atoms with E-state index < -0.39 is 22.6 Å². The maximum Gasteiger partial charge on any atom is 0.411 e. The highest BCUT2D eigenvalue weighted by atomic mass is 32.2. The Bertz CT molecular complexity index is 707. The molecule has 0 saturated carbocycles. The third kappa shape index (κ3) is 12.5. The molecule has 160 valence electrons. The summed E-state index contributed by atoms with van der Waals surface area (Å²) in [5, 5.41) is 6.12. The molecular formula is C17H26F3N3O4S. The fraction of sp³-hybridized carbons (Fsp3) is 0.588. The third-order valence-corrected chi connectivity index (χ3v) is 4.29. The number of hydrogen-bond donors (Lipinski definition) is 2. The SMILES string of the molecule is CN=C(NCCOCCS(C)(=O)=O)NCc1ccc(COCC(F)(F)F)cc1. The van der Waals surface area contributed by atoms with Gasteiger partial charge in [0.15, 0.2) is 5.96 Å². The van der Waals surface area contributed by atoms with Crippen LogP contribution in [-0.4, -0.2) is 66.0 Å². The number of sulfone groups is 1. The van der Waals surface area contributed by atoms with E-state index >= 15 is 0 Å². The third-order valence-electron chi connectivity index (χ3n) is 3.38. The van der Waals surface area contributed by atoms with Gasteiger partial charge >= 0.3 is 6.18 Å². The first-order chi connectivity index (χ1) is 13.1. The van der Waals surface area contributed by atoms with Crippen LogP contribution in [-0.2, 0) is 32.5 Å². The van der Waals surface area contributed by atoms with Gasteiger partial charge in [0.05, 0.1) is 25.6 Å². The molecule has 0 aromatic heterocycles. The highest BCUT2D eigenvalue weighted by molar-refractivity contribution is 7.90. The second-order valence-corrected chi connectivity index (χ2v) is 8.28. The summed E-state index contributed by atoms with van der Waals surface area (Å²) < 4.78 is 67.9. The minimum Gasteiger partial charge on any atom is -0.379 e. The normalized spacial score (nSPS) is 12.8. The van der Waals surface area contributed by atoms with Gasteiger partial charge in [0.1, 0.15) is 16.4 Å². The minimum atomic E-state index is -4.33. The van der Waals surface area contributed by atoms with Gasteiger partial charge in [-0.3, -0.25) is 4.99 Å². The van der Waals surface area contributed by atoms with Crippen LogP contribution in [0.25, 0.3) is 0 Å². The fourth-order valence-electron chi connectivity index (χ4n) is 2.00. The molecule has 0 aliphatic rings. The quantitative estimate of drug-likeness (QED) is 0.317. The summed E-state index contributed by atoms with van der Waals surface area (Å²) in [6.45, 7) is 0.0394. The van der Waals surface area contributed by atoms with E-state index in [-0.39, 0.29) is 19.0 Å².